The van der Waals surface area contributed by atoms with Crippen LogP contribution in [0, 0.1) is 5.92 Å². The van der Waals surface area contributed by atoms with E-state index in [1.165, 1.54) is 31.0 Å². The highest BCUT2D eigenvalue weighted by atomic mass is 32.2. The molecule has 0 aromatic carbocycles. The average molecular weight is 283 g/mol. The van der Waals surface area contributed by atoms with E-state index in [1.807, 2.05) is 0 Å². The van der Waals surface area contributed by atoms with E-state index in [2.05, 4.69) is 28.6 Å². The molecule has 106 valence electrons. The highest BCUT2D eigenvalue weighted by molar-refractivity contribution is 7.99. The Morgan fingerprint density at radius 2 is 2.26 bits per heavy atom. The number of carboxylic acids is 1. The SMILES string of the molecule is CCCc1nnc(SCC(=O)O)n1C(C)C1CCC1. The first kappa shape index (κ1) is 14.4. The molecule has 1 aromatic heterocycles. The van der Waals surface area contributed by atoms with Crippen LogP contribution in [-0.4, -0.2) is 31.6 Å². The van der Waals surface area contributed by atoms with Gasteiger partial charge in [0.05, 0.1) is 5.75 Å². The fourth-order valence-electron chi connectivity index (χ4n) is 2.47. The summed E-state index contributed by atoms with van der Waals surface area (Å²) in [5, 5.41) is 18.0. The second-order valence-electron chi connectivity index (χ2n) is 5.13. The minimum atomic E-state index is -0.812. The Labute approximate surface area is 117 Å². The number of aromatic nitrogens is 3. The summed E-state index contributed by atoms with van der Waals surface area (Å²) in [6.45, 7) is 4.33. The Morgan fingerprint density at radius 3 is 2.79 bits per heavy atom. The van der Waals surface area contributed by atoms with Crippen LogP contribution in [0.25, 0.3) is 0 Å². The minimum absolute atomic E-state index is 0.0433. The van der Waals surface area contributed by atoms with Gasteiger partial charge in [0, 0.05) is 12.5 Å². The summed E-state index contributed by atoms with van der Waals surface area (Å²) in [5.41, 5.74) is 0. The van der Waals surface area contributed by atoms with Crippen molar-refractivity contribution in [1.82, 2.24) is 14.8 Å². The van der Waals surface area contributed by atoms with Gasteiger partial charge in [-0.2, -0.15) is 0 Å². The first-order valence-electron chi connectivity index (χ1n) is 6.91. The van der Waals surface area contributed by atoms with Gasteiger partial charge in [-0.25, -0.2) is 0 Å². The van der Waals surface area contributed by atoms with Gasteiger partial charge in [0.15, 0.2) is 5.16 Å². The zero-order chi connectivity index (χ0) is 13.8. The Balaban J connectivity index is 2.18. The minimum Gasteiger partial charge on any atom is -0.481 e. The molecular formula is C13H21N3O2S. The van der Waals surface area contributed by atoms with Crippen LogP contribution in [0.15, 0.2) is 5.16 Å². The van der Waals surface area contributed by atoms with Crippen molar-refractivity contribution < 1.29 is 9.90 Å². The Morgan fingerprint density at radius 1 is 1.53 bits per heavy atom. The molecule has 1 saturated carbocycles. The zero-order valence-electron chi connectivity index (χ0n) is 11.5. The first-order chi connectivity index (χ1) is 9.13. The molecule has 1 aromatic rings. The standard InChI is InChI=1S/C13H21N3O2S/c1-3-5-11-14-15-13(19-8-12(17)18)16(11)9(2)10-6-4-7-10/h9-10H,3-8H2,1-2H3,(H,17,18). The fraction of sp³-hybridized carbons (Fsp3) is 0.769. The van der Waals surface area contributed by atoms with Crippen LogP contribution < -0.4 is 0 Å². The van der Waals surface area contributed by atoms with E-state index in [0.29, 0.717) is 12.0 Å². The molecule has 1 atom stereocenters. The predicted octanol–water partition coefficient (Wildman–Crippen LogP) is 2.77. The van der Waals surface area contributed by atoms with E-state index < -0.39 is 5.97 Å². The van der Waals surface area contributed by atoms with E-state index in [-0.39, 0.29) is 5.75 Å². The molecule has 0 bridgehead atoms. The molecule has 0 spiro atoms. The normalized spacial score (nSPS) is 17.2. The molecule has 1 unspecified atom stereocenters. The molecule has 0 saturated heterocycles. The maximum absolute atomic E-state index is 10.7. The molecule has 1 aliphatic rings. The summed E-state index contributed by atoms with van der Waals surface area (Å²) >= 11 is 1.27. The summed E-state index contributed by atoms with van der Waals surface area (Å²) in [7, 11) is 0. The topological polar surface area (TPSA) is 68.0 Å². The van der Waals surface area contributed by atoms with Crippen LogP contribution in [0.1, 0.15) is 51.4 Å². The Hall–Kier alpha value is -1.04. The third-order valence-electron chi connectivity index (χ3n) is 3.77. The van der Waals surface area contributed by atoms with Crippen LogP contribution in [0.2, 0.25) is 0 Å². The molecule has 5 nitrogen and oxygen atoms in total. The van der Waals surface area contributed by atoms with E-state index in [0.717, 1.165) is 23.8 Å². The average Bonchev–Trinajstić information content (AvgIpc) is 2.67. The van der Waals surface area contributed by atoms with Gasteiger partial charge in [0.2, 0.25) is 0 Å². The third-order valence-corrected chi connectivity index (χ3v) is 4.70. The lowest BCUT2D eigenvalue weighted by Gasteiger charge is -2.33. The summed E-state index contributed by atoms with van der Waals surface area (Å²) in [4.78, 5) is 10.7. The second kappa shape index (κ2) is 6.41. The third kappa shape index (κ3) is 3.29. The molecule has 0 radical (unpaired) electrons. The maximum Gasteiger partial charge on any atom is 0.313 e. The van der Waals surface area contributed by atoms with Crippen LogP contribution in [-0.2, 0) is 11.2 Å². The number of aryl methyl sites for hydroxylation is 1. The molecule has 1 N–H and O–H groups in total. The molecule has 0 amide bonds. The predicted molar refractivity (Wildman–Crippen MR) is 74.4 cm³/mol. The maximum atomic E-state index is 10.7. The van der Waals surface area contributed by atoms with Gasteiger partial charge >= 0.3 is 5.97 Å². The van der Waals surface area contributed by atoms with Crippen molar-refractivity contribution in [3.63, 3.8) is 0 Å². The Bertz CT molecular complexity index is 443. The summed E-state index contributed by atoms with van der Waals surface area (Å²) in [6.07, 6.45) is 5.75. The number of thioether (sulfide) groups is 1. The van der Waals surface area contributed by atoms with E-state index >= 15 is 0 Å². The molecule has 1 aliphatic carbocycles. The number of hydrogen-bond acceptors (Lipinski definition) is 4. The van der Waals surface area contributed by atoms with Crippen molar-refractivity contribution in [2.75, 3.05) is 5.75 Å². The molecule has 1 heterocycles. The number of hydrogen-bond donors (Lipinski definition) is 1. The lowest BCUT2D eigenvalue weighted by Crippen LogP contribution is -2.25. The molecule has 2 rings (SSSR count). The summed E-state index contributed by atoms with van der Waals surface area (Å²) in [6, 6.07) is 0.376. The van der Waals surface area contributed by atoms with Crippen molar-refractivity contribution >= 4 is 17.7 Å². The highest BCUT2D eigenvalue weighted by Gasteiger charge is 2.28. The van der Waals surface area contributed by atoms with Crippen LogP contribution >= 0.6 is 11.8 Å². The molecule has 0 aliphatic heterocycles. The summed E-state index contributed by atoms with van der Waals surface area (Å²) < 4.78 is 2.17. The quantitative estimate of drug-likeness (QED) is 0.779. The van der Waals surface area contributed by atoms with Crippen molar-refractivity contribution in [3.05, 3.63) is 5.82 Å². The Kier molecular flexibility index (Phi) is 4.85. The van der Waals surface area contributed by atoms with Crippen LogP contribution in [0.4, 0.5) is 0 Å². The van der Waals surface area contributed by atoms with Gasteiger partial charge in [-0.3, -0.25) is 4.79 Å². The van der Waals surface area contributed by atoms with E-state index in [4.69, 9.17) is 5.11 Å². The molecule has 6 heteroatoms. The highest BCUT2D eigenvalue weighted by Crippen LogP contribution is 2.38. The molecule has 19 heavy (non-hydrogen) atoms. The fourth-order valence-corrected chi connectivity index (χ4v) is 3.23. The van der Waals surface area contributed by atoms with Crippen molar-refractivity contribution in [2.24, 2.45) is 5.92 Å². The smallest absolute Gasteiger partial charge is 0.313 e. The van der Waals surface area contributed by atoms with E-state index in [9.17, 15) is 4.79 Å². The number of aliphatic carboxylic acids is 1. The second-order valence-corrected chi connectivity index (χ2v) is 6.08. The summed E-state index contributed by atoms with van der Waals surface area (Å²) in [5.74, 6) is 0.917. The monoisotopic (exact) mass is 283 g/mol. The number of carboxylic acid groups (broad SMARTS) is 1. The number of carbonyl (C=O) groups is 1. The van der Waals surface area contributed by atoms with Crippen LogP contribution in [0.3, 0.4) is 0 Å². The van der Waals surface area contributed by atoms with Crippen molar-refractivity contribution in [2.45, 2.75) is 57.1 Å². The van der Waals surface area contributed by atoms with Gasteiger partial charge < -0.3 is 9.67 Å². The molecular weight excluding hydrogens is 262 g/mol. The zero-order valence-corrected chi connectivity index (χ0v) is 12.3. The van der Waals surface area contributed by atoms with Gasteiger partial charge in [0.1, 0.15) is 5.82 Å². The number of rotatable bonds is 7. The van der Waals surface area contributed by atoms with Gasteiger partial charge in [-0.15, -0.1) is 10.2 Å². The lowest BCUT2D eigenvalue weighted by atomic mass is 9.80. The largest absolute Gasteiger partial charge is 0.481 e. The lowest BCUT2D eigenvalue weighted by molar-refractivity contribution is -0.133. The van der Waals surface area contributed by atoms with Gasteiger partial charge in [-0.05, 0) is 32.1 Å². The van der Waals surface area contributed by atoms with Gasteiger partial charge in [0.25, 0.3) is 0 Å². The van der Waals surface area contributed by atoms with Crippen LogP contribution in [0.5, 0.6) is 0 Å². The number of nitrogens with zero attached hydrogens (tertiary/aromatic N) is 3. The van der Waals surface area contributed by atoms with Crippen molar-refractivity contribution in [1.29, 1.82) is 0 Å². The first-order valence-corrected chi connectivity index (χ1v) is 7.90. The van der Waals surface area contributed by atoms with Gasteiger partial charge in [-0.1, -0.05) is 25.1 Å². The van der Waals surface area contributed by atoms with E-state index in [1.54, 1.807) is 0 Å². The molecule has 1 fully saturated rings. The van der Waals surface area contributed by atoms with Crippen molar-refractivity contribution in [3.8, 4) is 0 Å².